The fraction of sp³-hybridized carbons (Fsp3) is 0.417. The summed E-state index contributed by atoms with van der Waals surface area (Å²) in [6.45, 7) is 6.09. The van der Waals surface area contributed by atoms with Crippen molar-refractivity contribution in [2.45, 2.75) is 62.9 Å². The summed E-state index contributed by atoms with van der Waals surface area (Å²) in [5.41, 5.74) is 1.54. The molecule has 3 aromatic rings. The number of hydrogen-bond acceptors (Lipinski definition) is 5. The van der Waals surface area contributed by atoms with Gasteiger partial charge < -0.3 is 9.30 Å². The van der Waals surface area contributed by atoms with Crippen LogP contribution in [0, 0.1) is 0 Å². The molecule has 1 saturated carbocycles. The summed E-state index contributed by atoms with van der Waals surface area (Å²) in [4.78, 5) is 17.7. The van der Waals surface area contributed by atoms with Gasteiger partial charge in [0.05, 0.1) is 18.1 Å². The number of aromatic nitrogens is 2. The van der Waals surface area contributed by atoms with Crippen LogP contribution in [0.15, 0.2) is 47.4 Å². The molecule has 33 heavy (non-hydrogen) atoms. The Labute approximate surface area is 194 Å². The maximum Gasteiger partial charge on any atom is 0.258 e. The Morgan fingerprint density at radius 1 is 1.12 bits per heavy atom. The highest BCUT2D eigenvalue weighted by Gasteiger charge is 2.28. The summed E-state index contributed by atoms with van der Waals surface area (Å²) in [7, 11) is -2.43. The lowest BCUT2D eigenvalue weighted by molar-refractivity contribution is 0.102. The van der Waals surface area contributed by atoms with E-state index in [4.69, 9.17) is 4.74 Å². The number of anilines is 1. The van der Waals surface area contributed by atoms with E-state index in [1.165, 1.54) is 19.2 Å². The molecule has 9 heteroatoms. The molecule has 0 aliphatic heterocycles. The monoisotopic (exact) mass is 470 g/mol. The molecule has 0 spiro atoms. The van der Waals surface area contributed by atoms with Crippen LogP contribution in [-0.2, 0) is 15.6 Å². The van der Waals surface area contributed by atoms with Gasteiger partial charge in [0.15, 0.2) is 0 Å². The molecule has 0 saturated heterocycles. The van der Waals surface area contributed by atoms with E-state index in [2.05, 4.69) is 15.0 Å². The average Bonchev–Trinajstić information content (AvgIpc) is 3.39. The van der Waals surface area contributed by atoms with Crippen LogP contribution in [0.4, 0.5) is 5.95 Å². The van der Waals surface area contributed by atoms with Gasteiger partial charge in [0.25, 0.3) is 5.91 Å². The highest BCUT2D eigenvalue weighted by Crippen LogP contribution is 2.30. The smallest absolute Gasteiger partial charge is 0.258 e. The number of imidazole rings is 1. The Morgan fingerprint density at radius 3 is 2.48 bits per heavy atom. The third kappa shape index (κ3) is 4.74. The molecule has 176 valence electrons. The summed E-state index contributed by atoms with van der Waals surface area (Å²) in [6.07, 6.45) is 3.62. The molecule has 1 fully saturated rings. The molecule has 2 N–H and O–H groups in total. The number of nitrogens with zero attached hydrogens (tertiary/aromatic N) is 2. The van der Waals surface area contributed by atoms with E-state index < -0.39 is 15.9 Å². The van der Waals surface area contributed by atoms with Crippen molar-refractivity contribution >= 4 is 32.9 Å². The van der Waals surface area contributed by atoms with Crippen LogP contribution in [-0.4, -0.2) is 37.0 Å². The van der Waals surface area contributed by atoms with Crippen molar-refractivity contribution in [2.24, 2.45) is 0 Å². The van der Waals surface area contributed by atoms with E-state index in [1.807, 2.05) is 49.6 Å². The second-order valence-electron chi connectivity index (χ2n) is 9.35. The van der Waals surface area contributed by atoms with E-state index in [1.54, 1.807) is 6.07 Å². The molecule has 1 aliphatic rings. The van der Waals surface area contributed by atoms with Gasteiger partial charge in [-0.25, -0.2) is 18.1 Å². The number of methoxy groups -OCH3 is 1. The minimum atomic E-state index is -3.84. The maximum atomic E-state index is 13.2. The van der Waals surface area contributed by atoms with Crippen LogP contribution in [0.5, 0.6) is 5.75 Å². The van der Waals surface area contributed by atoms with E-state index in [0.717, 1.165) is 36.7 Å². The molecule has 1 aromatic heterocycles. The van der Waals surface area contributed by atoms with Crippen molar-refractivity contribution in [1.29, 1.82) is 0 Å². The first-order chi connectivity index (χ1) is 15.6. The number of amides is 1. The number of fused-ring (bicyclic) bond motifs is 1. The zero-order valence-electron chi connectivity index (χ0n) is 19.4. The highest BCUT2D eigenvalue weighted by atomic mass is 32.2. The maximum absolute atomic E-state index is 13.2. The molecular formula is C24H30N4O4S. The van der Waals surface area contributed by atoms with Crippen molar-refractivity contribution in [2.75, 3.05) is 12.4 Å². The first-order valence-corrected chi connectivity index (χ1v) is 12.6. The zero-order chi connectivity index (χ0) is 23.8. The van der Waals surface area contributed by atoms with E-state index >= 15 is 0 Å². The molecule has 1 aliphatic carbocycles. The van der Waals surface area contributed by atoms with Crippen molar-refractivity contribution in [3.05, 3.63) is 48.0 Å². The van der Waals surface area contributed by atoms with E-state index in [-0.39, 0.29) is 27.8 Å². The van der Waals surface area contributed by atoms with Crippen LogP contribution in [0.2, 0.25) is 0 Å². The third-order valence-corrected chi connectivity index (χ3v) is 7.39. The lowest BCUT2D eigenvalue weighted by atomic mass is 10.1. The van der Waals surface area contributed by atoms with Gasteiger partial charge >= 0.3 is 0 Å². The molecule has 0 bridgehead atoms. The van der Waals surface area contributed by atoms with Gasteiger partial charge in [0.1, 0.15) is 10.6 Å². The molecule has 4 rings (SSSR count). The number of sulfonamides is 1. The quantitative estimate of drug-likeness (QED) is 0.560. The predicted molar refractivity (Wildman–Crippen MR) is 128 cm³/mol. The second kappa shape index (κ2) is 8.79. The summed E-state index contributed by atoms with van der Waals surface area (Å²) in [5.74, 6) is 0.146. The second-order valence-corrected chi connectivity index (χ2v) is 11.0. The predicted octanol–water partition coefficient (Wildman–Crippen LogP) is 4.27. The zero-order valence-corrected chi connectivity index (χ0v) is 20.2. The third-order valence-electron chi connectivity index (χ3n) is 5.85. The van der Waals surface area contributed by atoms with Gasteiger partial charge in [-0.05, 0) is 63.9 Å². The van der Waals surface area contributed by atoms with Crippen LogP contribution in [0.25, 0.3) is 11.0 Å². The number of benzene rings is 2. The number of nitrogens with one attached hydrogen (secondary N) is 2. The van der Waals surface area contributed by atoms with Crippen molar-refractivity contribution < 1.29 is 17.9 Å². The molecule has 2 aromatic carbocycles. The normalized spacial score (nSPS) is 15.2. The number of ether oxygens (including phenoxy) is 1. The van der Waals surface area contributed by atoms with Crippen LogP contribution >= 0.6 is 0 Å². The number of carbonyl (C=O) groups is 1. The van der Waals surface area contributed by atoms with Crippen LogP contribution in [0.3, 0.4) is 0 Å². The molecule has 0 unspecified atom stereocenters. The Morgan fingerprint density at radius 2 is 1.82 bits per heavy atom. The number of rotatable bonds is 6. The largest absolute Gasteiger partial charge is 0.495 e. The molecule has 1 amide bonds. The lowest BCUT2D eigenvalue weighted by Crippen LogP contribution is -2.33. The first kappa shape index (κ1) is 23.3. The SMILES string of the molecule is COc1ccc(C(=O)Nc2nc3ccccc3n2C(C)(C)C)cc1S(=O)(=O)NC1CCCC1. The van der Waals surface area contributed by atoms with Gasteiger partial charge in [-0.1, -0.05) is 25.0 Å². The molecule has 1 heterocycles. The average molecular weight is 471 g/mol. The van der Waals surface area contributed by atoms with Crippen LogP contribution < -0.4 is 14.8 Å². The minimum absolute atomic E-state index is 0.0473. The number of para-hydroxylation sites is 2. The Bertz CT molecular complexity index is 1290. The van der Waals surface area contributed by atoms with Crippen molar-refractivity contribution in [1.82, 2.24) is 14.3 Å². The van der Waals surface area contributed by atoms with Gasteiger partial charge in [-0.15, -0.1) is 0 Å². The molecule has 8 nitrogen and oxygen atoms in total. The standard InChI is InChI=1S/C24H30N4O4S/c1-24(2,3)28-19-12-8-7-11-18(19)25-23(28)26-22(29)16-13-14-20(32-4)21(15-16)33(30,31)27-17-9-5-6-10-17/h7-8,11-15,17,27H,5-6,9-10H2,1-4H3,(H,25,26,29). The van der Waals surface area contributed by atoms with Crippen LogP contribution in [0.1, 0.15) is 56.8 Å². The number of hydrogen-bond donors (Lipinski definition) is 2. The number of carbonyl (C=O) groups excluding carboxylic acids is 1. The molecular weight excluding hydrogens is 440 g/mol. The van der Waals surface area contributed by atoms with E-state index in [9.17, 15) is 13.2 Å². The lowest BCUT2D eigenvalue weighted by Gasteiger charge is -2.24. The summed E-state index contributed by atoms with van der Waals surface area (Å²) in [5, 5.41) is 2.87. The van der Waals surface area contributed by atoms with Crippen molar-refractivity contribution in [3.8, 4) is 5.75 Å². The van der Waals surface area contributed by atoms with Gasteiger partial charge in [-0.3, -0.25) is 10.1 Å². The van der Waals surface area contributed by atoms with E-state index in [0.29, 0.717) is 5.95 Å². The molecule has 0 atom stereocenters. The summed E-state index contributed by atoms with van der Waals surface area (Å²) in [6, 6.07) is 12.0. The Hall–Kier alpha value is -2.91. The summed E-state index contributed by atoms with van der Waals surface area (Å²) >= 11 is 0. The fourth-order valence-corrected chi connectivity index (χ4v) is 5.82. The summed E-state index contributed by atoms with van der Waals surface area (Å²) < 4.78 is 36.1. The minimum Gasteiger partial charge on any atom is -0.495 e. The Balaban J connectivity index is 1.68. The fourth-order valence-electron chi connectivity index (χ4n) is 4.32. The molecule has 0 radical (unpaired) electrons. The van der Waals surface area contributed by atoms with Gasteiger partial charge in [0, 0.05) is 17.1 Å². The first-order valence-electron chi connectivity index (χ1n) is 11.1. The van der Waals surface area contributed by atoms with Gasteiger partial charge in [0.2, 0.25) is 16.0 Å². The topological polar surface area (TPSA) is 102 Å². The van der Waals surface area contributed by atoms with Crippen molar-refractivity contribution in [3.63, 3.8) is 0 Å². The Kier molecular flexibility index (Phi) is 6.20. The van der Waals surface area contributed by atoms with Gasteiger partial charge in [-0.2, -0.15) is 0 Å². The highest BCUT2D eigenvalue weighted by molar-refractivity contribution is 7.89.